The van der Waals surface area contributed by atoms with Gasteiger partial charge >= 0.3 is 0 Å². The molecule has 0 atom stereocenters. The van der Waals surface area contributed by atoms with E-state index in [4.69, 9.17) is 0 Å². The fourth-order valence-corrected chi connectivity index (χ4v) is 2.35. The molecule has 0 radical (unpaired) electrons. The first-order valence-corrected chi connectivity index (χ1v) is 6.83. The summed E-state index contributed by atoms with van der Waals surface area (Å²) >= 11 is 0. The molecule has 0 amide bonds. The highest BCUT2D eigenvalue weighted by atomic mass is 15.0. The van der Waals surface area contributed by atoms with E-state index in [-0.39, 0.29) is 0 Å². The van der Waals surface area contributed by atoms with E-state index >= 15 is 0 Å². The summed E-state index contributed by atoms with van der Waals surface area (Å²) in [5.41, 5.74) is 3.89. The Morgan fingerprint density at radius 3 is 2.81 bits per heavy atom. The molecule has 0 saturated heterocycles. The molecule has 0 aliphatic rings. The van der Waals surface area contributed by atoms with Crippen LogP contribution in [0.5, 0.6) is 0 Å². The second-order valence-corrected chi connectivity index (χ2v) is 5.42. The van der Waals surface area contributed by atoms with Crippen molar-refractivity contribution in [1.29, 1.82) is 0 Å². The molecule has 21 heavy (non-hydrogen) atoms. The highest BCUT2D eigenvalue weighted by Gasteiger charge is 2.04. The van der Waals surface area contributed by atoms with Crippen LogP contribution in [0.15, 0.2) is 30.5 Å². The number of aromatic nitrogens is 3. The van der Waals surface area contributed by atoms with E-state index in [1.165, 1.54) is 0 Å². The Labute approximate surface area is 123 Å². The maximum Gasteiger partial charge on any atom is 0.104 e. The van der Waals surface area contributed by atoms with E-state index in [0.717, 1.165) is 38.6 Å². The molecule has 4 heteroatoms. The molecule has 0 fully saturated rings. The van der Waals surface area contributed by atoms with Crippen molar-refractivity contribution in [2.75, 3.05) is 14.1 Å². The van der Waals surface area contributed by atoms with Crippen LogP contribution >= 0.6 is 0 Å². The summed E-state index contributed by atoms with van der Waals surface area (Å²) in [6.07, 6.45) is 3.89. The van der Waals surface area contributed by atoms with Crippen molar-refractivity contribution in [3.8, 4) is 11.3 Å². The van der Waals surface area contributed by atoms with Gasteiger partial charge in [0.25, 0.3) is 0 Å². The van der Waals surface area contributed by atoms with E-state index in [1.807, 2.05) is 50.3 Å². The molecule has 0 aliphatic carbocycles. The second-order valence-electron chi connectivity index (χ2n) is 5.42. The summed E-state index contributed by atoms with van der Waals surface area (Å²) in [5.74, 6) is 0.902. The molecule has 2 aromatic heterocycles. The molecule has 0 aliphatic heterocycles. The number of fused-ring (bicyclic) bond motifs is 1. The van der Waals surface area contributed by atoms with Gasteiger partial charge < -0.3 is 9.88 Å². The molecule has 2 heterocycles. The third-order valence-corrected chi connectivity index (χ3v) is 3.32. The predicted octanol–water partition coefficient (Wildman–Crippen LogP) is 1.64. The third-order valence-electron chi connectivity index (χ3n) is 3.32. The number of H-pyrrole nitrogens is 1. The molecule has 3 aromatic rings. The summed E-state index contributed by atoms with van der Waals surface area (Å²) < 4.78 is 0. The van der Waals surface area contributed by atoms with Crippen molar-refractivity contribution < 1.29 is 0 Å². The number of hydrogen-bond acceptors (Lipinski definition) is 3. The Morgan fingerprint density at radius 2 is 2.05 bits per heavy atom. The normalized spacial score (nSPS) is 12.0. The number of nitrogens with one attached hydrogen (secondary N) is 1. The number of pyridine rings is 1. The lowest BCUT2D eigenvalue weighted by Crippen LogP contribution is -2.25. The minimum atomic E-state index is 0.902. The summed E-state index contributed by atoms with van der Waals surface area (Å²) in [4.78, 5) is 14.2. The summed E-state index contributed by atoms with van der Waals surface area (Å²) in [7, 11) is 4.01. The van der Waals surface area contributed by atoms with E-state index in [9.17, 15) is 0 Å². The molecule has 1 aromatic carbocycles. The maximum absolute atomic E-state index is 4.52. The molecule has 3 rings (SSSR count). The largest absolute Gasteiger partial charge is 0.383 e. The minimum absolute atomic E-state index is 0.902. The average molecular weight is 278 g/mol. The van der Waals surface area contributed by atoms with Gasteiger partial charge in [0.1, 0.15) is 5.82 Å². The van der Waals surface area contributed by atoms with E-state index < -0.39 is 0 Å². The van der Waals surface area contributed by atoms with Gasteiger partial charge in [0.2, 0.25) is 0 Å². The van der Waals surface area contributed by atoms with Crippen LogP contribution in [-0.2, 0) is 0 Å². The number of rotatable bonds is 2. The number of nitrogens with zero attached hydrogens (tertiary/aromatic N) is 3. The van der Waals surface area contributed by atoms with E-state index in [0.29, 0.717) is 0 Å². The van der Waals surface area contributed by atoms with E-state index in [2.05, 4.69) is 33.8 Å². The quantitative estimate of drug-likeness (QED) is 0.775. The van der Waals surface area contributed by atoms with Crippen LogP contribution in [0.2, 0.25) is 0 Å². The number of hydrogen-bond donors (Lipinski definition) is 1. The minimum Gasteiger partial charge on any atom is -0.383 e. The van der Waals surface area contributed by atoms with Crippen LogP contribution in [0, 0.1) is 6.92 Å². The van der Waals surface area contributed by atoms with Crippen LogP contribution in [0.25, 0.3) is 35.1 Å². The first-order chi connectivity index (χ1) is 10.0. The molecule has 0 saturated carbocycles. The summed E-state index contributed by atoms with van der Waals surface area (Å²) in [6.45, 7) is 6.01. The van der Waals surface area contributed by atoms with Gasteiger partial charge in [-0.05, 0) is 29.5 Å². The zero-order valence-electron chi connectivity index (χ0n) is 12.5. The first kappa shape index (κ1) is 13.4. The second kappa shape index (κ2) is 5.05. The van der Waals surface area contributed by atoms with Gasteiger partial charge in [0.15, 0.2) is 0 Å². The van der Waals surface area contributed by atoms with Crippen molar-refractivity contribution in [3.05, 3.63) is 46.7 Å². The maximum atomic E-state index is 4.52. The molecular formula is C17H18N4. The number of imidazole rings is 1. The van der Waals surface area contributed by atoms with Gasteiger partial charge in [-0.2, -0.15) is 0 Å². The molecular weight excluding hydrogens is 260 g/mol. The van der Waals surface area contributed by atoms with Gasteiger partial charge in [-0.3, -0.25) is 4.98 Å². The zero-order valence-corrected chi connectivity index (χ0v) is 12.5. The Hall–Kier alpha value is -2.62. The highest BCUT2D eigenvalue weighted by Crippen LogP contribution is 2.19. The van der Waals surface area contributed by atoms with Crippen LogP contribution in [0.4, 0.5) is 0 Å². The van der Waals surface area contributed by atoms with Gasteiger partial charge in [-0.1, -0.05) is 18.7 Å². The molecule has 0 unspecified atom stereocenters. The molecule has 0 bridgehead atoms. The summed E-state index contributed by atoms with van der Waals surface area (Å²) in [6, 6.07) is 8.18. The van der Waals surface area contributed by atoms with Gasteiger partial charge in [0.05, 0.1) is 22.9 Å². The lowest BCUT2D eigenvalue weighted by molar-refractivity contribution is 0.614. The topological polar surface area (TPSA) is 44.8 Å². The number of aryl methyl sites for hydroxylation is 1. The van der Waals surface area contributed by atoms with Crippen LogP contribution in [-0.4, -0.2) is 33.9 Å². The predicted molar refractivity (Wildman–Crippen MR) is 87.0 cm³/mol. The third kappa shape index (κ3) is 2.65. The zero-order chi connectivity index (χ0) is 15.0. The van der Waals surface area contributed by atoms with Crippen LogP contribution in [0.1, 0.15) is 5.82 Å². The smallest absolute Gasteiger partial charge is 0.104 e. The van der Waals surface area contributed by atoms with Crippen LogP contribution in [0.3, 0.4) is 0 Å². The Balaban J connectivity index is 2.16. The highest BCUT2D eigenvalue weighted by molar-refractivity contribution is 5.79. The van der Waals surface area contributed by atoms with Crippen molar-refractivity contribution in [2.45, 2.75) is 6.92 Å². The van der Waals surface area contributed by atoms with Gasteiger partial charge in [-0.15, -0.1) is 0 Å². The van der Waals surface area contributed by atoms with Crippen LogP contribution < -0.4 is 10.4 Å². The molecule has 4 nitrogen and oxygen atoms in total. The molecule has 0 spiro atoms. The standard InChI is InChI=1S/C17H18N4/c1-11-5-6-13(7-14(11)10-21(3)4)15-8-16-17(9-18-15)20-12(2)19-16/h5-10H,1H2,2-4H3,(H,19,20)/b14-10-. The van der Waals surface area contributed by atoms with Gasteiger partial charge in [0, 0.05) is 25.9 Å². The van der Waals surface area contributed by atoms with Crippen molar-refractivity contribution in [2.24, 2.45) is 0 Å². The van der Waals surface area contributed by atoms with E-state index in [1.54, 1.807) is 0 Å². The number of benzene rings is 1. The molecule has 1 N–H and O–H groups in total. The van der Waals surface area contributed by atoms with Crippen molar-refractivity contribution >= 4 is 23.8 Å². The fraction of sp³-hybridized carbons (Fsp3) is 0.176. The van der Waals surface area contributed by atoms with Crippen molar-refractivity contribution in [1.82, 2.24) is 19.9 Å². The SMILES string of the molecule is C=c1ccc(-c2cc3nc(C)[nH]c3cn2)c/c1=C/N(C)C. The Morgan fingerprint density at radius 1 is 1.24 bits per heavy atom. The fourth-order valence-electron chi connectivity index (χ4n) is 2.35. The monoisotopic (exact) mass is 278 g/mol. The Bertz CT molecular complexity index is 906. The lowest BCUT2D eigenvalue weighted by Gasteiger charge is -2.05. The molecule has 106 valence electrons. The Kier molecular flexibility index (Phi) is 3.22. The first-order valence-electron chi connectivity index (χ1n) is 6.83. The lowest BCUT2D eigenvalue weighted by atomic mass is 10.1. The number of aromatic amines is 1. The summed E-state index contributed by atoms with van der Waals surface area (Å²) in [5, 5.41) is 2.10. The van der Waals surface area contributed by atoms with Crippen molar-refractivity contribution in [3.63, 3.8) is 0 Å². The average Bonchev–Trinajstić information content (AvgIpc) is 2.79. The van der Waals surface area contributed by atoms with Gasteiger partial charge in [-0.25, -0.2) is 4.98 Å².